The summed E-state index contributed by atoms with van der Waals surface area (Å²) in [6.45, 7) is 0.974. The first-order valence-corrected chi connectivity index (χ1v) is 6.14. The molecule has 17 heavy (non-hydrogen) atoms. The average Bonchev–Trinajstić information content (AvgIpc) is 2.33. The van der Waals surface area contributed by atoms with Gasteiger partial charge in [-0.2, -0.15) is 0 Å². The molecule has 92 valence electrons. The maximum absolute atomic E-state index is 11.2. The van der Waals surface area contributed by atoms with Crippen LogP contribution >= 0.6 is 0 Å². The van der Waals surface area contributed by atoms with Crippen molar-refractivity contribution in [1.29, 1.82) is 0 Å². The highest BCUT2D eigenvalue weighted by molar-refractivity contribution is 5.69. The summed E-state index contributed by atoms with van der Waals surface area (Å²) in [5, 5.41) is 9.18. The van der Waals surface area contributed by atoms with Crippen molar-refractivity contribution >= 4 is 5.97 Å². The van der Waals surface area contributed by atoms with E-state index in [2.05, 4.69) is 4.90 Å². The molecule has 0 saturated carbocycles. The van der Waals surface area contributed by atoms with Crippen molar-refractivity contribution in [2.45, 2.75) is 31.2 Å². The quantitative estimate of drug-likeness (QED) is 0.872. The number of rotatable bonds is 3. The standard InChI is InChI=1S/C14H19NO2/c1-15-10-6-5-9-14(15,11-13(16)17)12-7-3-2-4-8-12/h2-4,7-8H,5-6,9-11H2,1H3,(H,16,17). The minimum absolute atomic E-state index is 0.188. The third-order valence-corrected chi connectivity index (χ3v) is 3.82. The second-order valence-corrected chi connectivity index (χ2v) is 4.85. The molecule has 0 bridgehead atoms. The molecule has 1 unspecified atom stereocenters. The summed E-state index contributed by atoms with van der Waals surface area (Å²) in [5.74, 6) is -0.720. The zero-order chi connectivity index (χ0) is 12.3. The largest absolute Gasteiger partial charge is 0.481 e. The molecular formula is C14H19NO2. The van der Waals surface area contributed by atoms with E-state index in [9.17, 15) is 9.90 Å². The number of piperidine rings is 1. The first kappa shape index (κ1) is 12.1. The fourth-order valence-corrected chi connectivity index (χ4v) is 2.86. The van der Waals surface area contributed by atoms with Gasteiger partial charge in [-0.3, -0.25) is 9.69 Å². The monoisotopic (exact) mass is 233 g/mol. The number of carboxylic acid groups (broad SMARTS) is 1. The topological polar surface area (TPSA) is 40.5 Å². The van der Waals surface area contributed by atoms with E-state index < -0.39 is 5.97 Å². The Morgan fingerprint density at radius 3 is 2.65 bits per heavy atom. The maximum Gasteiger partial charge on any atom is 0.305 e. The lowest BCUT2D eigenvalue weighted by atomic mass is 9.78. The van der Waals surface area contributed by atoms with Crippen LogP contribution in [0.4, 0.5) is 0 Å². The lowest BCUT2D eigenvalue weighted by Gasteiger charge is -2.45. The van der Waals surface area contributed by atoms with Gasteiger partial charge in [0, 0.05) is 0 Å². The van der Waals surface area contributed by atoms with Crippen molar-refractivity contribution in [3.8, 4) is 0 Å². The fourth-order valence-electron chi connectivity index (χ4n) is 2.86. The van der Waals surface area contributed by atoms with Crippen LogP contribution in [0.2, 0.25) is 0 Å². The normalized spacial score (nSPS) is 25.7. The van der Waals surface area contributed by atoms with Gasteiger partial charge in [0.2, 0.25) is 0 Å². The van der Waals surface area contributed by atoms with E-state index in [1.807, 2.05) is 37.4 Å². The van der Waals surface area contributed by atoms with E-state index in [0.717, 1.165) is 31.4 Å². The molecule has 1 N–H and O–H groups in total. The second-order valence-electron chi connectivity index (χ2n) is 4.85. The van der Waals surface area contributed by atoms with E-state index in [0.29, 0.717) is 0 Å². The Labute approximate surface area is 102 Å². The molecule has 1 saturated heterocycles. The molecule has 3 heteroatoms. The van der Waals surface area contributed by atoms with Crippen molar-refractivity contribution in [3.63, 3.8) is 0 Å². The molecule has 3 nitrogen and oxygen atoms in total. The number of carbonyl (C=O) groups is 1. The molecule has 1 heterocycles. The Morgan fingerprint density at radius 1 is 1.35 bits per heavy atom. The van der Waals surface area contributed by atoms with Gasteiger partial charge in [0.15, 0.2) is 0 Å². The molecule has 0 aromatic heterocycles. The predicted molar refractivity (Wildman–Crippen MR) is 66.9 cm³/mol. The minimum Gasteiger partial charge on any atom is -0.481 e. The Kier molecular flexibility index (Phi) is 3.48. The number of likely N-dealkylation sites (tertiary alicyclic amines) is 1. The molecule has 2 rings (SSSR count). The van der Waals surface area contributed by atoms with Crippen LogP contribution in [0.3, 0.4) is 0 Å². The smallest absolute Gasteiger partial charge is 0.305 e. The van der Waals surface area contributed by atoms with Gasteiger partial charge in [-0.25, -0.2) is 0 Å². The van der Waals surface area contributed by atoms with Crippen LogP contribution in [0, 0.1) is 0 Å². The van der Waals surface area contributed by atoms with Crippen LogP contribution in [0.5, 0.6) is 0 Å². The first-order valence-electron chi connectivity index (χ1n) is 6.14. The van der Waals surface area contributed by atoms with Crippen LogP contribution in [-0.4, -0.2) is 29.6 Å². The Balaban J connectivity index is 2.39. The molecule has 1 aliphatic heterocycles. The molecule has 1 fully saturated rings. The highest BCUT2D eigenvalue weighted by Crippen LogP contribution is 2.39. The number of aliphatic carboxylic acids is 1. The Bertz CT molecular complexity index is 390. The zero-order valence-electron chi connectivity index (χ0n) is 10.2. The third-order valence-electron chi connectivity index (χ3n) is 3.82. The van der Waals surface area contributed by atoms with Gasteiger partial charge in [0.1, 0.15) is 0 Å². The summed E-state index contributed by atoms with van der Waals surface area (Å²) in [6.07, 6.45) is 3.38. The average molecular weight is 233 g/mol. The highest BCUT2D eigenvalue weighted by atomic mass is 16.4. The van der Waals surface area contributed by atoms with Crippen molar-refractivity contribution in [2.24, 2.45) is 0 Å². The van der Waals surface area contributed by atoms with Crippen LogP contribution < -0.4 is 0 Å². The number of nitrogens with zero attached hydrogens (tertiary/aromatic N) is 1. The van der Waals surface area contributed by atoms with Crippen molar-refractivity contribution in [1.82, 2.24) is 4.90 Å². The fraction of sp³-hybridized carbons (Fsp3) is 0.500. The van der Waals surface area contributed by atoms with Gasteiger partial charge in [-0.15, -0.1) is 0 Å². The third kappa shape index (κ3) is 2.34. The van der Waals surface area contributed by atoms with E-state index in [4.69, 9.17) is 0 Å². The molecule has 1 aromatic rings. The number of hydrogen-bond donors (Lipinski definition) is 1. The second kappa shape index (κ2) is 4.88. The van der Waals surface area contributed by atoms with Gasteiger partial charge in [-0.1, -0.05) is 30.3 Å². The van der Waals surface area contributed by atoms with Crippen molar-refractivity contribution in [2.75, 3.05) is 13.6 Å². The van der Waals surface area contributed by atoms with Gasteiger partial charge < -0.3 is 5.11 Å². The molecular weight excluding hydrogens is 214 g/mol. The molecule has 1 aromatic carbocycles. The lowest BCUT2D eigenvalue weighted by Crippen LogP contribution is -2.48. The van der Waals surface area contributed by atoms with Crippen molar-refractivity contribution < 1.29 is 9.90 Å². The van der Waals surface area contributed by atoms with Gasteiger partial charge >= 0.3 is 5.97 Å². The minimum atomic E-state index is -0.720. The van der Waals surface area contributed by atoms with E-state index in [1.54, 1.807) is 0 Å². The van der Waals surface area contributed by atoms with Crippen LogP contribution in [0.15, 0.2) is 30.3 Å². The Hall–Kier alpha value is -1.35. The van der Waals surface area contributed by atoms with Crippen LogP contribution in [0.25, 0.3) is 0 Å². The van der Waals surface area contributed by atoms with Crippen LogP contribution in [-0.2, 0) is 10.3 Å². The predicted octanol–water partition coefficient (Wildman–Crippen LogP) is 2.47. The Morgan fingerprint density at radius 2 is 2.06 bits per heavy atom. The van der Waals surface area contributed by atoms with E-state index in [-0.39, 0.29) is 12.0 Å². The number of carboxylic acids is 1. The molecule has 0 aliphatic carbocycles. The summed E-state index contributed by atoms with van der Waals surface area (Å²) in [7, 11) is 2.04. The van der Waals surface area contributed by atoms with Crippen LogP contribution in [0.1, 0.15) is 31.2 Å². The number of hydrogen-bond acceptors (Lipinski definition) is 2. The summed E-state index contributed by atoms with van der Waals surface area (Å²) in [6, 6.07) is 10.0. The lowest BCUT2D eigenvalue weighted by molar-refractivity contribution is -0.141. The molecule has 0 spiro atoms. The maximum atomic E-state index is 11.2. The van der Waals surface area contributed by atoms with Gasteiger partial charge in [-0.05, 0) is 38.4 Å². The summed E-state index contributed by atoms with van der Waals surface area (Å²) < 4.78 is 0. The molecule has 1 atom stereocenters. The number of benzene rings is 1. The van der Waals surface area contributed by atoms with Crippen molar-refractivity contribution in [3.05, 3.63) is 35.9 Å². The summed E-state index contributed by atoms with van der Waals surface area (Å²) in [5.41, 5.74) is 0.815. The van der Waals surface area contributed by atoms with E-state index in [1.165, 1.54) is 0 Å². The molecule has 0 radical (unpaired) electrons. The highest BCUT2D eigenvalue weighted by Gasteiger charge is 2.40. The van der Waals surface area contributed by atoms with E-state index >= 15 is 0 Å². The first-order chi connectivity index (χ1) is 8.15. The molecule has 1 aliphatic rings. The SMILES string of the molecule is CN1CCCCC1(CC(=O)O)c1ccccc1. The summed E-state index contributed by atoms with van der Waals surface area (Å²) >= 11 is 0. The zero-order valence-corrected chi connectivity index (χ0v) is 10.2. The molecule has 0 amide bonds. The van der Waals surface area contributed by atoms with Gasteiger partial charge in [0.25, 0.3) is 0 Å². The summed E-state index contributed by atoms with van der Waals surface area (Å²) in [4.78, 5) is 13.4. The van der Waals surface area contributed by atoms with Gasteiger partial charge in [0.05, 0.1) is 12.0 Å².